The van der Waals surface area contributed by atoms with Crippen molar-refractivity contribution in [2.24, 2.45) is 5.41 Å². The molecular formula is C20H24N4O. The molecule has 0 atom stereocenters. The van der Waals surface area contributed by atoms with Crippen molar-refractivity contribution in [1.29, 1.82) is 0 Å². The summed E-state index contributed by atoms with van der Waals surface area (Å²) < 4.78 is 0. The number of amides is 1. The van der Waals surface area contributed by atoms with Crippen LogP contribution in [0.5, 0.6) is 0 Å². The lowest BCUT2D eigenvalue weighted by Gasteiger charge is -2.38. The number of carbonyl (C=O) groups excluding carboxylic acids is 1. The predicted octanol–water partition coefficient (Wildman–Crippen LogP) is 2.68. The van der Waals surface area contributed by atoms with E-state index in [1.807, 2.05) is 35.2 Å². The Bertz CT molecular complexity index is 736. The van der Waals surface area contributed by atoms with Gasteiger partial charge in [-0.05, 0) is 37.0 Å². The fourth-order valence-electron chi connectivity index (χ4n) is 4.06. The van der Waals surface area contributed by atoms with Crippen LogP contribution < -0.4 is 10.6 Å². The van der Waals surface area contributed by atoms with Gasteiger partial charge in [-0.2, -0.15) is 0 Å². The Morgan fingerprint density at radius 1 is 1.00 bits per heavy atom. The zero-order valence-electron chi connectivity index (χ0n) is 14.4. The second-order valence-corrected chi connectivity index (χ2v) is 7.18. The normalized spacial score (nSPS) is 19.6. The summed E-state index contributed by atoms with van der Waals surface area (Å²) in [6, 6.07) is 14.1. The standard InChI is InChI=1S/C20H24N4O/c21-17-6-7-18(22-14-17)23-11-8-20(9-12-23)10-13-24(19(20)25)15-16-4-2-1-3-5-16/h1-7,14H,8-13,15,21H2. The second-order valence-electron chi connectivity index (χ2n) is 7.18. The van der Waals surface area contributed by atoms with Crippen molar-refractivity contribution in [2.75, 3.05) is 30.3 Å². The number of piperidine rings is 1. The first-order valence-electron chi connectivity index (χ1n) is 8.96. The predicted molar refractivity (Wildman–Crippen MR) is 99.0 cm³/mol. The molecule has 5 nitrogen and oxygen atoms in total. The van der Waals surface area contributed by atoms with Gasteiger partial charge in [-0.3, -0.25) is 4.79 Å². The average Bonchev–Trinajstić information content (AvgIpc) is 2.94. The van der Waals surface area contributed by atoms with Gasteiger partial charge in [0, 0.05) is 26.2 Å². The van der Waals surface area contributed by atoms with Crippen molar-refractivity contribution < 1.29 is 4.79 Å². The third-order valence-electron chi connectivity index (χ3n) is 5.63. The topological polar surface area (TPSA) is 62.5 Å². The van der Waals surface area contributed by atoms with E-state index in [-0.39, 0.29) is 5.41 Å². The monoisotopic (exact) mass is 336 g/mol. The number of anilines is 2. The van der Waals surface area contributed by atoms with E-state index in [2.05, 4.69) is 22.0 Å². The minimum Gasteiger partial charge on any atom is -0.397 e. The number of rotatable bonds is 3. The van der Waals surface area contributed by atoms with Gasteiger partial charge in [0.25, 0.3) is 0 Å². The molecule has 5 heteroatoms. The van der Waals surface area contributed by atoms with E-state index in [0.29, 0.717) is 11.6 Å². The van der Waals surface area contributed by atoms with Crippen molar-refractivity contribution in [1.82, 2.24) is 9.88 Å². The SMILES string of the molecule is Nc1ccc(N2CCC3(CCN(Cc4ccccc4)C3=O)CC2)nc1. The van der Waals surface area contributed by atoms with Crippen molar-refractivity contribution >= 4 is 17.4 Å². The molecule has 3 heterocycles. The van der Waals surface area contributed by atoms with Crippen molar-refractivity contribution in [3.8, 4) is 0 Å². The molecule has 2 fully saturated rings. The summed E-state index contributed by atoms with van der Waals surface area (Å²) in [4.78, 5) is 21.8. The molecule has 4 rings (SSSR count). The van der Waals surface area contributed by atoms with Crippen LogP contribution in [0.3, 0.4) is 0 Å². The van der Waals surface area contributed by atoms with Gasteiger partial charge in [-0.15, -0.1) is 0 Å². The molecule has 0 unspecified atom stereocenters. The van der Waals surface area contributed by atoms with Gasteiger partial charge < -0.3 is 15.5 Å². The number of likely N-dealkylation sites (tertiary alicyclic amines) is 1. The van der Waals surface area contributed by atoms with Crippen LogP contribution in [0.15, 0.2) is 48.7 Å². The molecule has 130 valence electrons. The number of hydrogen-bond acceptors (Lipinski definition) is 4. The molecule has 2 N–H and O–H groups in total. The van der Waals surface area contributed by atoms with Crippen LogP contribution in [-0.4, -0.2) is 35.4 Å². The van der Waals surface area contributed by atoms with Crippen LogP contribution in [-0.2, 0) is 11.3 Å². The Kier molecular flexibility index (Phi) is 4.07. The van der Waals surface area contributed by atoms with Crippen LogP contribution in [0.4, 0.5) is 11.5 Å². The number of carbonyl (C=O) groups is 1. The van der Waals surface area contributed by atoms with Gasteiger partial charge in [0.2, 0.25) is 5.91 Å². The molecule has 0 aliphatic carbocycles. The van der Waals surface area contributed by atoms with E-state index >= 15 is 0 Å². The minimum atomic E-state index is -0.168. The number of nitrogens with two attached hydrogens (primary N) is 1. The fraction of sp³-hybridized carbons (Fsp3) is 0.400. The molecule has 0 radical (unpaired) electrons. The summed E-state index contributed by atoms with van der Waals surface area (Å²) >= 11 is 0. The lowest BCUT2D eigenvalue weighted by molar-refractivity contribution is -0.137. The highest BCUT2D eigenvalue weighted by atomic mass is 16.2. The van der Waals surface area contributed by atoms with Gasteiger partial charge >= 0.3 is 0 Å². The van der Waals surface area contributed by atoms with E-state index < -0.39 is 0 Å². The minimum absolute atomic E-state index is 0.168. The van der Waals surface area contributed by atoms with Gasteiger partial charge in [-0.25, -0.2) is 4.98 Å². The number of hydrogen-bond donors (Lipinski definition) is 1. The van der Waals surface area contributed by atoms with Crippen LogP contribution in [0.2, 0.25) is 0 Å². The van der Waals surface area contributed by atoms with E-state index in [9.17, 15) is 4.79 Å². The highest BCUT2D eigenvalue weighted by molar-refractivity contribution is 5.85. The van der Waals surface area contributed by atoms with Gasteiger partial charge in [0.1, 0.15) is 5.82 Å². The third kappa shape index (κ3) is 3.06. The maximum atomic E-state index is 13.0. The summed E-state index contributed by atoms with van der Waals surface area (Å²) in [5.74, 6) is 1.29. The van der Waals surface area contributed by atoms with Gasteiger partial charge in [0.05, 0.1) is 17.3 Å². The Morgan fingerprint density at radius 3 is 2.40 bits per heavy atom. The number of nitrogens with zero attached hydrogens (tertiary/aromatic N) is 3. The van der Waals surface area contributed by atoms with Crippen molar-refractivity contribution in [3.05, 3.63) is 54.2 Å². The molecule has 2 aliphatic rings. The number of benzene rings is 1. The molecule has 2 saturated heterocycles. The number of nitrogen functional groups attached to an aromatic ring is 1. The average molecular weight is 336 g/mol. The van der Waals surface area contributed by atoms with E-state index in [4.69, 9.17) is 5.73 Å². The zero-order chi connectivity index (χ0) is 17.3. The molecule has 25 heavy (non-hydrogen) atoms. The van der Waals surface area contributed by atoms with Gasteiger partial charge in [-0.1, -0.05) is 30.3 Å². The van der Waals surface area contributed by atoms with Gasteiger partial charge in [0.15, 0.2) is 0 Å². The second kappa shape index (κ2) is 6.39. The summed E-state index contributed by atoms with van der Waals surface area (Å²) in [6.07, 6.45) is 4.48. The molecule has 2 aliphatic heterocycles. The third-order valence-corrected chi connectivity index (χ3v) is 5.63. The number of aromatic nitrogens is 1. The van der Waals surface area contributed by atoms with E-state index in [1.165, 1.54) is 5.56 Å². The molecule has 1 amide bonds. The summed E-state index contributed by atoms with van der Waals surface area (Å²) in [6.45, 7) is 3.35. The maximum Gasteiger partial charge on any atom is 0.229 e. The highest BCUT2D eigenvalue weighted by Gasteiger charge is 2.48. The first-order chi connectivity index (χ1) is 12.2. The first-order valence-corrected chi connectivity index (χ1v) is 8.96. The van der Waals surface area contributed by atoms with Crippen molar-refractivity contribution in [3.63, 3.8) is 0 Å². The molecular weight excluding hydrogens is 312 g/mol. The Hall–Kier alpha value is -2.56. The Morgan fingerprint density at radius 2 is 1.72 bits per heavy atom. The molecule has 1 aromatic carbocycles. The lowest BCUT2D eigenvalue weighted by Crippen LogP contribution is -2.44. The summed E-state index contributed by atoms with van der Waals surface area (Å²) in [5.41, 5.74) is 7.43. The number of pyridine rings is 1. The van der Waals surface area contributed by atoms with Crippen molar-refractivity contribution in [2.45, 2.75) is 25.8 Å². The highest BCUT2D eigenvalue weighted by Crippen LogP contribution is 2.42. The fourth-order valence-corrected chi connectivity index (χ4v) is 4.06. The van der Waals surface area contributed by atoms with Crippen LogP contribution >= 0.6 is 0 Å². The van der Waals surface area contributed by atoms with Crippen LogP contribution in [0.1, 0.15) is 24.8 Å². The van der Waals surface area contributed by atoms with E-state index in [1.54, 1.807) is 6.20 Å². The van der Waals surface area contributed by atoms with Crippen LogP contribution in [0.25, 0.3) is 0 Å². The first kappa shape index (κ1) is 15.9. The molecule has 0 bridgehead atoms. The summed E-state index contributed by atoms with van der Waals surface area (Å²) in [7, 11) is 0. The smallest absolute Gasteiger partial charge is 0.229 e. The molecule has 1 aromatic heterocycles. The largest absolute Gasteiger partial charge is 0.397 e. The lowest BCUT2D eigenvalue weighted by atomic mass is 9.77. The molecule has 1 spiro atoms. The van der Waals surface area contributed by atoms with Crippen LogP contribution in [0, 0.1) is 5.41 Å². The molecule has 2 aromatic rings. The Labute approximate surface area is 148 Å². The molecule has 0 saturated carbocycles. The Balaban J connectivity index is 1.41. The summed E-state index contributed by atoms with van der Waals surface area (Å²) in [5, 5.41) is 0. The quantitative estimate of drug-likeness (QED) is 0.936. The maximum absolute atomic E-state index is 13.0. The zero-order valence-corrected chi connectivity index (χ0v) is 14.4. The van der Waals surface area contributed by atoms with E-state index in [0.717, 1.165) is 51.3 Å².